The second kappa shape index (κ2) is 7.76. The summed E-state index contributed by atoms with van der Waals surface area (Å²) in [6.45, 7) is 9.37. The summed E-state index contributed by atoms with van der Waals surface area (Å²) in [5, 5.41) is 12.9. The second-order valence-corrected chi connectivity index (χ2v) is 7.43. The molecule has 6 nitrogen and oxygen atoms in total. The summed E-state index contributed by atoms with van der Waals surface area (Å²) in [5.74, 6) is -0.237. The Bertz CT molecular complexity index is 629. The normalized spacial score (nSPS) is 15.8. The van der Waals surface area contributed by atoms with Crippen molar-refractivity contribution in [2.45, 2.75) is 46.0 Å². The number of aromatic hydroxyl groups is 1. The molecule has 1 aromatic rings. The lowest BCUT2D eigenvalue weighted by Gasteiger charge is -2.30. The molecule has 2 rings (SSSR count). The Labute approximate surface area is 149 Å². The zero-order valence-electron chi connectivity index (χ0n) is 15.5. The molecule has 1 aliphatic rings. The van der Waals surface area contributed by atoms with Gasteiger partial charge < -0.3 is 20.1 Å². The van der Waals surface area contributed by atoms with E-state index < -0.39 is 0 Å². The number of anilines is 1. The quantitative estimate of drug-likeness (QED) is 0.820. The Morgan fingerprint density at radius 1 is 1.28 bits per heavy atom. The number of nitrogens with zero attached hydrogens (tertiary/aromatic N) is 1. The molecule has 2 N–H and O–H groups in total. The number of nitrogens with one attached hydrogen (secondary N) is 1. The molecule has 1 aliphatic heterocycles. The molecule has 0 spiro atoms. The summed E-state index contributed by atoms with van der Waals surface area (Å²) in [6.07, 6.45) is 0.853. The number of benzene rings is 1. The van der Waals surface area contributed by atoms with Crippen LogP contribution in [0.3, 0.4) is 0 Å². The highest BCUT2D eigenvalue weighted by Gasteiger charge is 2.28. The summed E-state index contributed by atoms with van der Waals surface area (Å²) in [5.41, 5.74) is 1.40. The second-order valence-electron chi connectivity index (χ2n) is 7.43. The number of hydrogen-bond acceptors (Lipinski definition) is 4. The van der Waals surface area contributed by atoms with Crippen molar-refractivity contribution in [2.24, 2.45) is 5.92 Å². The van der Waals surface area contributed by atoms with E-state index in [9.17, 15) is 14.7 Å². The number of amides is 2. The van der Waals surface area contributed by atoms with Crippen molar-refractivity contribution in [3.8, 4) is 5.75 Å². The molecule has 25 heavy (non-hydrogen) atoms. The summed E-state index contributed by atoms with van der Waals surface area (Å²) in [6, 6.07) is 5.29. The van der Waals surface area contributed by atoms with Gasteiger partial charge in [0.1, 0.15) is 5.75 Å². The molecule has 138 valence electrons. The smallest absolute Gasteiger partial charge is 0.409 e. The van der Waals surface area contributed by atoms with Crippen LogP contribution in [0.2, 0.25) is 0 Å². The van der Waals surface area contributed by atoms with Gasteiger partial charge in [-0.1, -0.05) is 26.8 Å². The van der Waals surface area contributed by atoms with E-state index in [2.05, 4.69) is 26.1 Å². The number of phenols is 1. The van der Waals surface area contributed by atoms with E-state index in [1.165, 1.54) is 0 Å². The Morgan fingerprint density at radius 3 is 2.48 bits per heavy atom. The molecule has 1 saturated heterocycles. The van der Waals surface area contributed by atoms with E-state index in [0.717, 1.165) is 5.56 Å². The minimum absolute atomic E-state index is 0.0605. The SMILES string of the molecule is CCOC(=O)N1CCC(C(=O)Nc2cc(C(C)(C)C)ccc2O)CC1. The number of carbonyl (C=O) groups excluding carboxylic acids is 2. The number of hydrogen-bond donors (Lipinski definition) is 2. The lowest BCUT2D eigenvalue weighted by Crippen LogP contribution is -2.41. The van der Waals surface area contributed by atoms with E-state index in [1.54, 1.807) is 17.9 Å². The van der Waals surface area contributed by atoms with E-state index in [1.807, 2.05) is 12.1 Å². The van der Waals surface area contributed by atoms with Crippen molar-refractivity contribution in [1.29, 1.82) is 0 Å². The predicted molar refractivity (Wildman–Crippen MR) is 96.8 cm³/mol. The van der Waals surface area contributed by atoms with Crippen LogP contribution >= 0.6 is 0 Å². The Balaban J connectivity index is 1.98. The van der Waals surface area contributed by atoms with Crippen molar-refractivity contribution in [3.63, 3.8) is 0 Å². The molecular weight excluding hydrogens is 320 g/mol. The van der Waals surface area contributed by atoms with Crippen molar-refractivity contribution in [3.05, 3.63) is 23.8 Å². The Kier molecular flexibility index (Phi) is 5.93. The Hall–Kier alpha value is -2.24. The maximum absolute atomic E-state index is 12.5. The third-order valence-electron chi connectivity index (χ3n) is 4.51. The molecule has 0 saturated carbocycles. The first-order valence-electron chi connectivity index (χ1n) is 8.78. The number of rotatable bonds is 3. The van der Waals surface area contributed by atoms with Gasteiger partial charge in [-0.05, 0) is 42.9 Å². The maximum Gasteiger partial charge on any atom is 0.409 e. The topological polar surface area (TPSA) is 78.9 Å². The summed E-state index contributed by atoms with van der Waals surface area (Å²) < 4.78 is 4.99. The number of carbonyl (C=O) groups is 2. The highest BCUT2D eigenvalue weighted by Crippen LogP contribution is 2.31. The molecule has 6 heteroatoms. The zero-order chi connectivity index (χ0) is 18.6. The van der Waals surface area contributed by atoms with Gasteiger partial charge in [-0.3, -0.25) is 4.79 Å². The molecular formula is C19H28N2O4. The van der Waals surface area contributed by atoms with Gasteiger partial charge in [0.25, 0.3) is 0 Å². The van der Waals surface area contributed by atoms with Crippen molar-refractivity contribution in [1.82, 2.24) is 4.90 Å². The van der Waals surface area contributed by atoms with Crippen LogP contribution in [0.5, 0.6) is 5.75 Å². The van der Waals surface area contributed by atoms with Crippen LogP contribution in [-0.2, 0) is 14.9 Å². The highest BCUT2D eigenvalue weighted by atomic mass is 16.6. The van der Waals surface area contributed by atoms with Gasteiger partial charge in [0.05, 0.1) is 12.3 Å². The van der Waals surface area contributed by atoms with Crippen molar-refractivity contribution < 1.29 is 19.4 Å². The van der Waals surface area contributed by atoms with Gasteiger partial charge in [-0.2, -0.15) is 0 Å². The average Bonchev–Trinajstić information content (AvgIpc) is 2.56. The van der Waals surface area contributed by atoms with Gasteiger partial charge in [0, 0.05) is 19.0 Å². The molecule has 2 amide bonds. The van der Waals surface area contributed by atoms with E-state index in [0.29, 0.717) is 38.2 Å². The largest absolute Gasteiger partial charge is 0.506 e. The van der Waals surface area contributed by atoms with Crippen molar-refractivity contribution in [2.75, 3.05) is 25.0 Å². The molecule has 1 fully saturated rings. The molecule has 0 aromatic heterocycles. The fourth-order valence-corrected chi connectivity index (χ4v) is 2.88. The lowest BCUT2D eigenvalue weighted by molar-refractivity contribution is -0.121. The van der Waals surface area contributed by atoms with Crippen molar-refractivity contribution >= 4 is 17.7 Å². The number of ether oxygens (including phenoxy) is 1. The molecule has 0 aliphatic carbocycles. The van der Waals surface area contributed by atoms with Gasteiger partial charge in [-0.15, -0.1) is 0 Å². The van der Waals surface area contributed by atoms with Crippen LogP contribution in [0.1, 0.15) is 46.1 Å². The van der Waals surface area contributed by atoms with Crippen LogP contribution < -0.4 is 5.32 Å². The standard InChI is InChI=1S/C19H28N2O4/c1-5-25-18(24)21-10-8-13(9-11-21)17(23)20-15-12-14(19(2,3)4)6-7-16(15)22/h6-7,12-13,22H,5,8-11H2,1-4H3,(H,20,23). The van der Waals surface area contributed by atoms with Gasteiger partial charge >= 0.3 is 6.09 Å². The first-order valence-corrected chi connectivity index (χ1v) is 8.78. The molecule has 0 unspecified atom stereocenters. The van der Waals surface area contributed by atoms with E-state index in [4.69, 9.17) is 4.74 Å². The Morgan fingerprint density at radius 2 is 1.92 bits per heavy atom. The predicted octanol–water partition coefficient (Wildman–Crippen LogP) is 3.50. The highest BCUT2D eigenvalue weighted by molar-refractivity contribution is 5.94. The number of piperidine rings is 1. The molecule has 1 aromatic carbocycles. The van der Waals surface area contributed by atoms with Crippen LogP contribution in [0.25, 0.3) is 0 Å². The van der Waals surface area contributed by atoms with Gasteiger partial charge in [0.2, 0.25) is 5.91 Å². The molecule has 1 heterocycles. The average molecular weight is 348 g/mol. The molecule has 0 radical (unpaired) electrons. The van der Waals surface area contributed by atoms with Crippen LogP contribution in [0.15, 0.2) is 18.2 Å². The van der Waals surface area contributed by atoms with Crippen LogP contribution in [0.4, 0.5) is 10.5 Å². The number of likely N-dealkylation sites (tertiary alicyclic amines) is 1. The van der Waals surface area contributed by atoms with E-state index in [-0.39, 0.29) is 29.1 Å². The molecule has 0 atom stereocenters. The van der Waals surface area contributed by atoms with E-state index >= 15 is 0 Å². The molecule has 0 bridgehead atoms. The zero-order valence-corrected chi connectivity index (χ0v) is 15.5. The minimum Gasteiger partial charge on any atom is -0.506 e. The monoisotopic (exact) mass is 348 g/mol. The summed E-state index contributed by atoms with van der Waals surface area (Å²) >= 11 is 0. The minimum atomic E-state index is -0.322. The summed E-state index contributed by atoms with van der Waals surface area (Å²) in [7, 11) is 0. The maximum atomic E-state index is 12.5. The third-order valence-corrected chi connectivity index (χ3v) is 4.51. The number of phenolic OH excluding ortho intramolecular Hbond substituents is 1. The fourth-order valence-electron chi connectivity index (χ4n) is 2.88. The lowest BCUT2D eigenvalue weighted by atomic mass is 9.86. The van der Waals surface area contributed by atoms with Crippen LogP contribution in [-0.4, -0.2) is 41.7 Å². The first kappa shape index (κ1) is 19.1. The third kappa shape index (κ3) is 4.87. The van der Waals surface area contributed by atoms with Gasteiger partial charge in [-0.25, -0.2) is 4.79 Å². The first-order chi connectivity index (χ1) is 11.7. The fraction of sp³-hybridized carbons (Fsp3) is 0.579. The van der Waals surface area contributed by atoms with Crippen LogP contribution in [0, 0.1) is 5.92 Å². The summed E-state index contributed by atoms with van der Waals surface area (Å²) in [4.78, 5) is 25.9. The van der Waals surface area contributed by atoms with Gasteiger partial charge in [0.15, 0.2) is 0 Å².